The van der Waals surface area contributed by atoms with E-state index in [0.29, 0.717) is 27.7 Å². The lowest BCUT2D eigenvalue weighted by Gasteiger charge is -2.12. The summed E-state index contributed by atoms with van der Waals surface area (Å²) in [6.07, 6.45) is 5.25. The molecule has 3 N–H and O–H groups in total. The molecule has 3 heterocycles. The molecule has 5 rings (SSSR count). The Morgan fingerprint density at radius 3 is 2.77 bits per heavy atom. The number of carbonyl (C=O) groups excluding carboxylic acids is 1. The maximum absolute atomic E-state index is 15.0. The number of hydrogen-bond acceptors (Lipinski definition) is 5. The Bertz CT molecular complexity index is 1440. The summed E-state index contributed by atoms with van der Waals surface area (Å²) in [5, 5.41) is 7.86. The van der Waals surface area contributed by atoms with Crippen LogP contribution in [0.3, 0.4) is 0 Å². The average Bonchev–Trinajstić information content (AvgIpc) is 3.28. The lowest BCUT2D eigenvalue weighted by molar-refractivity contribution is -0.117. The lowest BCUT2D eigenvalue weighted by atomic mass is 9.98. The summed E-state index contributed by atoms with van der Waals surface area (Å²) in [7, 11) is 0. The van der Waals surface area contributed by atoms with Crippen molar-refractivity contribution in [3.8, 4) is 11.1 Å². The number of carbonyl (C=O) groups is 1. The fourth-order valence-electron chi connectivity index (χ4n) is 4.69. The van der Waals surface area contributed by atoms with Gasteiger partial charge in [-0.1, -0.05) is 6.92 Å². The first-order valence-corrected chi connectivity index (χ1v) is 11.1. The van der Waals surface area contributed by atoms with Crippen LogP contribution >= 0.6 is 0 Å². The number of hydrogen-bond donors (Lipinski definition) is 2. The molecule has 0 saturated heterocycles. The van der Waals surface area contributed by atoms with Gasteiger partial charge in [0.1, 0.15) is 12.4 Å². The lowest BCUT2D eigenvalue weighted by Crippen LogP contribution is -2.16. The van der Waals surface area contributed by atoms with Crippen LogP contribution in [0.15, 0.2) is 49.2 Å². The Hall–Kier alpha value is -3.95. The molecule has 1 saturated carbocycles. The second-order valence-corrected chi connectivity index (χ2v) is 8.92. The number of anilines is 2. The third-order valence-corrected chi connectivity index (χ3v) is 6.62. The summed E-state index contributed by atoms with van der Waals surface area (Å²) >= 11 is 0. The van der Waals surface area contributed by atoms with E-state index >= 15 is 4.39 Å². The fraction of sp³-hybridized carbons (Fsp3) is 0.280. The highest BCUT2D eigenvalue weighted by atomic mass is 19.3. The summed E-state index contributed by atoms with van der Waals surface area (Å²) in [5.74, 6) is -0.864. The van der Waals surface area contributed by atoms with Gasteiger partial charge in [0.2, 0.25) is 5.91 Å². The van der Waals surface area contributed by atoms with Crippen molar-refractivity contribution in [2.75, 3.05) is 11.1 Å². The molecule has 1 fully saturated rings. The molecule has 3 atom stereocenters. The van der Waals surface area contributed by atoms with Gasteiger partial charge in [0, 0.05) is 53.1 Å². The average molecular weight is 480 g/mol. The summed E-state index contributed by atoms with van der Waals surface area (Å²) in [5.41, 5.74) is 8.60. The Balaban J connectivity index is 1.39. The maximum atomic E-state index is 15.0. The van der Waals surface area contributed by atoms with Crippen LogP contribution in [-0.4, -0.2) is 32.1 Å². The predicted molar refractivity (Wildman–Crippen MR) is 126 cm³/mol. The molecule has 10 heteroatoms. The zero-order valence-electron chi connectivity index (χ0n) is 19.0. The zero-order chi connectivity index (χ0) is 24.9. The molecule has 1 amide bonds. The third kappa shape index (κ3) is 4.20. The van der Waals surface area contributed by atoms with Gasteiger partial charge in [0.15, 0.2) is 5.82 Å². The Morgan fingerprint density at radius 2 is 2.03 bits per heavy atom. The molecular formula is C25H23F3N6O. The minimum atomic E-state index is -2.50. The molecule has 0 aliphatic heterocycles. The molecular weight excluding hydrogens is 457 g/mol. The van der Waals surface area contributed by atoms with Crippen LogP contribution in [0.2, 0.25) is 0 Å². The van der Waals surface area contributed by atoms with E-state index in [1.54, 1.807) is 36.8 Å². The van der Waals surface area contributed by atoms with Crippen molar-refractivity contribution < 1.29 is 18.0 Å². The van der Waals surface area contributed by atoms with Crippen LogP contribution < -0.4 is 11.1 Å². The van der Waals surface area contributed by atoms with Crippen molar-refractivity contribution in [1.29, 1.82) is 0 Å². The number of aromatic nitrogens is 4. The molecule has 35 heavy (non-hydrogen) atoms. The number of benzene rings is 1. The molecule has 3 aromatic heterocycles. The number of amides is 1. The van der Waals surface area contributed by atoms with E-state index in [9.17, 15) is 13.6 Å². The zero-order valence-corrected chi connectivity index (χ0v) is 19.0. The Labute approximate surface area is 199 Å². The van der Waals surface area contributed by atoms with Gasteiger partial charge < -0.3 is 11.1 Å². The van der Waals surface area contributed by atoms with E-state index in [1.165, 1.54) is 17.1 Å². The first kappa shape index (κ1) is 22.8. The van der Waals surface area contributed by atoms with E-state index in [2.05, 4.69) is 20.4 Å². The predicted octanol–water partition coefficient (Wildman–Crippen LogP) is 4.78. The van der Waals surface area contributed by atoms with Gasteiger partial charge in [-0.05, 0) is 47.6 Å². The van der Waals surface area contributed by atoms with Crippen molar-refractivity contribution >= 4 is 28.2 Å². The standard InChI is InChI=1S/C25H23F3N6O/c1-12-3-4-30-8-17(12)16-5-14-6-20(31-9-18(14)24(29)23(16)28)33-25(35)22-13(2)21(22)15-7-32-34(10-15)11-19(26)27/h3-10,13,19,21-22H,11,29H2,1-2H3,(H,31,33,35)/t13-,21-,22+/m0/s1. The first-order chi connectivity index (χ1) is 16.7. The van der Waals surface area contributed by atoms with E-state index in [0.717, 1.165) is 11.1 Å². The smallest absolute Gasteiger partial charge is 0.257 e. The molecule has 4 aromatic rings. The number of alkyl halides is 2. The number of nitrogens with two attached hydrogens (primary N) is 1. The highest BCUT2D eigenvalue weighted by Crippen LogP contribution is 2.54. The van der Waals surface area contributed by atoms with Crippen molar-refractivity contribution in [3.63, 3.8) is 0 Å². The maximum Gasteiger partial charge on any atom is 0.257 e. The molecule has 0 radical (unpaired) electrons. The number of aryl methyl sites for hydroxylation is 1. The SMILES string of the molecule is Cc1ccncc1-c1cc2cc(NC(=O)[C@@H]3[C@@H](C)[C@H]3c3cnn(CC(F)F)c3)ncc2c(N)c1F. The van der Waals surface area contributed by atoms with Crippen LogP contribution in [0.5, 0.6) is 0 Å². The van der Waals surface area contributed by atoms with Crippen molar-refractivity contribution in [2.45, 2.75) is 32.7 Å². The van der Waals surface area contributed by atoms with Gasteiger partial charge in [-0.2, -0.15) is 5.10 Å². The number of halogens is 3. The third-order valence-electron chi connectivity index (χ3n) is 6.62. The summed E-state index contributed by atoms with van der Waals surface area (Å²) < 4.78 is 41.4. The first-order valence-electron chi connectivity index (χ1n) is 11.1. The number of nitrogens with one attached hydrogen (secondary N) is 1. The topological polar surface area (TPSA) is 98.7 Å². The van der Waals surface area contributed by atoms with Crippen molar-refractivity contribution in [2.24, 2.45) is 11.8 Å². The van der Waals surface area contributed by atoms with Gasteiger partial charge in [-0.25, -0.2) is 18.2 Å². The Morgan fingerprint density at radius 1 is 1.23 bits per heavy atom. The molecule has 0 bridgehead atoms. The normalized spacial score (nSPS) is 19.3. The van der Waals surface area contributed by atoms with Crippen LogP contribution in [0.1, 0.15) is 24.0 Å². The molecule has 1 aliphatic rings. The number of fused-ring (bicyclic) bond motifs is 1. The monoisotopic (exact) mass is 480 g/mol. The summed E-state index contributed by atoms with van der Waals surface area (Å²) in [6, 6.07) is 5.11. The summed E-state index contributed by atoms with van der Waals surface area (Å²) in [4.78, 5) is 21.3. The molecule has 180 valence electrons. The second kappa shape index (κ2) is 8.68. The van der Waals surface area contributed by atoms with Gasteiger partial charge in [0.05, 0.1) is 11.9 Å². The summed E-state index contributed by atoms with van der Waals surface area (Å²) in [6.45, 7) is 3.31. The van der Waals surface area contributed by atoms with Gasteiger partial charge >= 0.3 is 0 Å². The molecule has 0 spiro atoms. The van der Waals surface area contributed by atoms with Crippen molar-refractivity contribution in [3.05, 3.63) is 66.1 Å². The number of rotatable bonds is 6. The van der Waals surface area contributed by atoms with E-state index in [4.69, 9.17) is 5.73 Å². The second-order valence-electron chi connectivity index (χ2n) is 8.92. The van der Waals surface area contributed by atoms with Gasteiger partial charge in [-0.3, -0.25) is 14.5 Å². The highest BCUT2D eigenvalue weighted by molar-refractivity contribution is 6.00. The number of nitrogen functional groups attached to an aromatic ring is 1. The van der Waals surface area contributed by atoms with Crippen LogP contribution in [0.4, 0.5) is 24.7 Å². The molecule has 7 nitrogen and oxygen atoms in total. The largest absolute Gasteiger partial charge is 0.396 e. The van der Waals surface area contributed by atoms with E-state index in [1.807, 2.05) is 13.8 Å². The van der Waals surface area contributed by atoms with Gasteiger partial charge in [-0.15, -0.1) is 0 Å². The van der Waals surface area contributed by atoms with Crippen LogP contribution in [0.25, 0.3) is 21.9 Å². The van der Waals surface area contributed by atoms with Gasteiger partial charge in [0.25, 0.3) is 6.43 Å². The quantitative estimate of drug-likeness (QED) is 0.387. The number of pyridine rings is 2. The van der Waals surface area contributed by atoms with E-state index < -0.39 is 18.8 Å². The minimum absolute atomic E-state index is 0.0252. The highest BCUT2D eigenvalue weighted by Gasteiger charge is 2.53. The van der Waals surface area contributed by atoms with Crippen LogP contribution in [0, 0.1) is 24.6 Å². The van der Waals surface area contributed by atoms with Crippen LogP contribution in [-0.2, 0) is 11.3 Å². The molecule has 1 aromatic carbocycles. The van der Waals surface area contributed by atoms with E-state index in [-0.39, 0.29) is 29.3 Å². The molecule has 1 aliphatic carbocycles. The number of nitrogens with zero attached hydrogens (tertiary/aromatic N) is 4. The Kier molecular flexibility index (Phi) is 5.66. The minimum Gasteiger partial charge on any atom is -0.396 e. The van der Waals surface area contributed by atoms with Crippen molar-refractivity contribution in [1.82, 2.24) is 19.7 Å². The fourth-order valence-corrected chi connectivity index (χ4v) is 4.69. The molecule has 0 unspecified atom stereocenters.